The normalized spacial score (nSPS) is 25.3. The lowest BCUT2D eigenvalue weighted by molar-refractivity contribution is 0.259. The molecule has 0 aliphatic carbocycles. The topological polar surface area (TPSA) is 48.4 Å². The fraction of sp³-hybridized carbons (Fsp3) is 0.615. The molecule has 0 spiro atoms. The fourth-order valence-corrected chi connectivity index (χ4v) is 2.68. The van der Waals surface area contributed by atoms with E-state index in [0.29, 0.717) is 18.5 Å². The summed E-state index contributed by atoms with van der Waals surface area (Å²) < 4.78 is 0. The van der Waals surface area contributed by atoms with Crippen molar-refractivity contribution in [1.82, 2.24) is 15.2 Å². The monoisotopic (exact) mass is 235 g/mol. The smallest absolute Gasteiger partial charge is 0.0555 e. The summed E-state index contributed by atoms with van der Waals surface area (Å²) in [4.78, 5) is 6.60. The maximum Gasteiger partial charge on any atom is 0.0555 e. The molecule has 0 saturated carbocycles. The van der Waals surface area contributed by atoms with Gasteiger partial charge in [0.15, 0.2) is 0 Å². The number of likely N-dealkylation sites (tertiary alicyclic amines) is 1. The van der Waals surface area contributed by atoms with Gasteiger partial charge in [0, 0.05) is 25.0 Å². The highest BCUT2D eigenvalue weighted by Gasteiger charge is 2.32. The Balaban J connectivity index is 2.01. The molecular weight excluding hydrogens is 214 g/mol. The first-order valence-electron chi connectivity index (χ1n) is 6.24. The quantitative estimate of drug-likeness (QED) is 0.736. The molecule has 2 N–H and O–H groups in total. The number of hydrogen-bond acceptors (Lipinski definition) is 4. The molecular formula is C13H21N3O. The molecule has 4 heteroatoms. The van der Waals surface area contributed by atoms with Crippen LogP contribution >= 0.6 is 0 Å². The molecule has 1 fully saturated rings. The van der Waals surface area contributed by atoms with E-state index in [1.807, 2.05) is 18.5 Å². The maximum absolute atomic E-state index is 8.79. The minimum atomic E-state index is 0.208. The summed E-state index contributed by atoms with van der Waals surface area (Å²) >= 11 is 0. The van der Waals surface area contributed by atoms with Crippen LogP contribution in [-0.2, 0) is 0 Å². The van der Waals surface area contributed by atoms with Crippen LogP contribution in [0.2, 0.25) is 0 Å². The largest absolute Gasteiger partial charge is 0.395 e. The van der Waals surface area contributed by atoms with E-state index in [1.165, 1.54) is 12.0 Å². The molecule has 2 atom stereocenters. The van der Waals surface area contributed by atoms with Gasteiger partial charge in [0.1, 0.15) is 0 Å². The average Bonchev–Trinajstić information content (AvgIpc) is 2.72. The molecule has 1 aromatic rings. The van der Waals surface area contributed by atoms with Gasteiger partial charge in [-0.15, -0.1) is 0 Å². The number of aromatic nitrogens is 1. The van der Waals surface area contributed by atoms with Crippen LogP contribution < -0.4 is 5.32 Å². The highest BCUT2D eigenvalue weighted by molar-refractivity contribution is 5.16. The van der Waals surface area contributed by atoms with Gasteiger partial charge in [-0.25, -0.2) is 0 Å². The standard InChI is InChI=1S/C13H21N3O/c1-16-7-4-12(10-15-6-8-17)13(16)11-3-2-5-14-9-11/h2-3,5,9,12-13,15,17H,4,6-8,10H2,1H3. The highest BCUT2D eigenvalue weighted by atomic mass is 16.3. The molecule has 17 heavy (non-hydrogen) atoms. The van der Waals surface area contributed by atoms with Gasteiger partial charge < -0.3 is 10.4 Å². The molecule has 1 aromatic heterocycles. The van der Waals surface area contributed by atoms with Crippen molar-refractivity contribution in [2.24, 2.45) is 5.92 Å². The Morgan fingerprint density at radius 2 is 2.47 bits per heavy atom. The molecule has 0 radical (unpaired) electrons. The van der Waals surface area contributed by atoms with Gasteiger partial charge >= 0.3 is 0 Å². The third-order valence-electron chi connectivity index (χ3n) is 3.50. The lowest BCUT2D eigenvalue weighted by atomic mass is 9.95. The Labute approximate surface area is 103 Å². The van der Waals surface area contributed by atoms with Crippen molar-refractivity contribution in [2.45, 2.75) is 12.5 Å². The second kappa shape index (κ2) is 6.10. The second-order valence-electron chi connectivity index (χ2n) is 4.69. The molecule has 4 nitrogen and oxygen atoms in total. The molecule has 1 aliphatic rings. The van der Waals surface area contributed by atoms with E-state index in [9.17, 15) is 0 Å². The van der Waals surface area contributed by atoms with Crippen LogP contribution in [0.3, 0.4) is 0 Å². The van der Waals surface area contributed by atoms with Crippen LogP contribution in [0.4, 0.5) is 0 Å². The molecule has 0 bridgehead atoms. The summed E-state index contributed by atoms with van der Waals surface area (Å²) in [6, 6.07) is 4.60. The Morgan fingerprint density at radius 1 is 1.59 bits per heavy atom. The zero-order chi connectivity index (χ0) is 12.1. The maximum atomic E-state index is 8.79. The van der Waals surface area contributed by atoms with Gasteiger partial charge in [-0.05, 0) is 44.1 Å². The van der Waals surface area contributed by atoms with Gasteiger partial charge in [0.05, 0.1) is 6.61 Å². The van der Waals surface area contributed by atoms with Crippen molar-refractivity contribution in [2.75, 3.05) is 33.3 Å². The molecule has 0 aromatic carbocycles. The SMILES string of the molecule is CN1CCC(CNCCO)C1c1cccnc1. The van der Waals surface area contributed by atoms with Crippen LogP contribution in [0.25, 0.3) is 0 Å². The Morgan fingerprint density at radius 3 is 3.18 bits per heavy atom. The van der Waals surface area contributed by atoms with Crippen molar-refractivity contribution >= 4 is 0 Å². The lowest BCUT2D eigenvalue weighted by Crippen LogP contribution is -2.30. The first kappa shape index (κ1) is 12.5. The molecule has 2 heterocycles. The summed E-state index contributed by atoms with van der Waals surface area (Å²) in [6.45, 7) is 2.98. The van der Waals surface area contributed by atoms with Crippen LogP contribution in [0.1, 0.15) is 18.0 Å². The van der Waals surface area contributed by atoms with E-state index < -0.39 is 0 Å². The molecule has 0 amide bonds. The molecule has 2 rings (SSSR count). The number of rotatable bonds is 5. The first-order chi connectivity index (χ1) is 8.33. The lowest BCUT2D eigenvalue weighted by Gasteiger charge is -2.25. The van der Waals surface area contributed by atoms with Crippen molar-refractivity contribution in [3.8, 4) is 0 Å². The van der Waals surface area contributed by atoms with Gasteiger partial charge in [0.25, 0.3) is 0 Å². The molecule has 2 unspecified atom stereocenters. The third-order valence-corrected chi connectivity index (χ3v) is 3.50. The summed E-state index contributed by atoms with van der Waals surface area (Å²) in [6.07, 6.45) is 4.98. The molecule has 1 aliphatic heterocycles. The van der Waals surface area contributed by atoms with E-state index in [2.05, 4.69) is 28.3 Å². The number of nitrogens with one attached hydrogen (secondary N) is 1. The summed E-state index contributed by atoms with van der Waals surface area (Å²) in [5.74, 6) is 0.607. The number of nitrogens with zero attached hydrogens (tertiary/aromatic N) is 2. The summed E-state index contributed by atoms with van der Waals surface area (Å²) in [7, 11) is 2.17. The zero-order valence-electron chi connectivity index (χ0n) is 10.3. The van der Waals surface area contributed by atoms with Gasteiger partial charge in [-0.2, -0.15) is 0 Å². The van der Waals surface area contributed by atoms with Gasteiger partial charge in [-0.1, -0.05) is 6.07 Å². The van der Waals surface area contributed by atoms with Crippen molar-refractivity contribution in [1.29, 1.82) is 0 Å². The molecule has 1 saturated heterocycles. The van der Waals surface area contributed by atoms with E-state index in [4.69, 9.17) is 5.11 Å². The third kappa shape index (κ3) is 3.03. The number of pyridine rings is 1. The van der Waals surface area contributed by atoms with Crippen molar-refractivity contribution in [3.63, 3.8) is 0 Å². The Kier molecular flexibility index (Phi) is 4.48. The van der Waals surface area contributed by atoms with Crippen LogP contribution in [0.5, 0.6) is 0 Å². The van der Waals surface area contributed by atoms with E-state index in [0.717, 1.165) is 13.1 Å². The minimum absolute atomic E-state index is 0.208. The van der Waals surface area contributed by atoms with E-state index in [-0.39, 0.29) is 6.61 Å². The predicted molar refractivity (Wildman–Crippen MR) is 67.7 cm³/mol. The first-order valence-corrected chi connectivity index (χ1v) is 6.24. The van der Waals surface area contributed by atoms with Crippen LogP contribution in [-0.4, -0.2) is 48.3 Å². The van der Waals surface area contributed by atoms with Crippen molar-refractivity contribution in [3.05, 3.63) is 30.1 Å². The Bertz CT molecular complexity index is 331. The zero-order valence-corrected chi connectivity index (χ0v) is 10.3. The second-order valence-corrected chi connectivity index (χ2v) is 4.69. The predicted octanol–water partition coefficient (Wildman–Crippen LogP) is 0.656. The number of aliphatic hydroxyl groups excluding tert-OH is 1. The van der Waals surface area contributed by atoms with Crippen molar-refractivity contribution < 1.29 is 5.11 Å². The summed E-state index contributed by atoms with van der Waals surface area (Å²) in [5.41, 5.74) is 1.29. The number of hydrogen-bond donors (Lipinski definition) is 2. The Hall–Kier alpha value is -0.970. The van der Waals surface area contributed by atoms with Gasteiger partial charge in [0.2, 0.25) is 0 Å². The average molecular weight is 235 g/mol. The van der Waals surface area contributed by atoms with Crippen LogP contribution in [0.15, 0.2) is 24.5 Å². The number of aliphatic hydroxyl groups is 1. The fourth-order valence-electron chi connectivity index (χ4n) is 2.68. The molecule has 94 valence electrons. The highest BCUT2D eigenvalue weighted by Crippen LogP contribution is 2.35. The van der Waals surface area contributed by atoms with Crippen LogP contribution in [0, 0.1) is 5.92 Å². The van der Waals surface area contributed by atoms with Gasteiger partial charge in [-0.3, -0.25) is 9.88 Å². The summed E-state index contributed by atoms with van der Waals surface area (Å²) in [5, 5.41) is 12.1. The van der Waals surface area contributed by atoms with E-state index >= 15 is 0 Å². The van der Waals surface area contributed by atoms with E-state index in [1.54, 1.807) is 0 Å². The minimum Gasteiger partial charge on any atom is -0.395 e.